The van der Waals surface area contributed by atoms with Crippen LogP contribution in [0.15, 0.2) is 12.3 Å². The van der Waals surface area contributed by atoms with Gasteiger partial charge in [-0.05, 0) is 30.7 Å². The molecule has 2 rings (SSSR count). The van der Waals surface area contributed by atoms with Crippen molar-refractivity contribution in [3.8, 4) is 0 Å². The number of nitrogens with one attached hydrogen (secondary N) is 1. The molecule has 1 aliphatic rings. The monoisotopic (exact) mass is 256 g/mol. The highest BCUT2D eigenvalue weighted by Gasteiger charge is 2.42. The van der Waals surface area contributed by atoms with Crippen LogP contribution in [0.3, 0.4) is 0 Å². The molecule has 0 bridgehead atoms. The van der Waals surface area contributed by atoms with Gasteiger partial charge in [0.2, 0.25) is 5.95 Å². The Labute approximate surface area is 103 Å². The first-order chi connectivity index (χ1) is 8.58. The van der Waals surface area contributed by atoms with Crippen LogP contribution in [0.4, 0.5) is 8.78 Å². The molecule has 2 N–H and O–H groups in total. The molecule has 98 valence electrons. The van der Waals surface area contributed by atoms with Crippen LogP contribution in [0.2, 0.25) is 0 Å². The molecule has 1 aromatic heterocycles. The second-order valence-corrected chi connectivity index (χ2v) is 4.62. The van der Waals surface area contributed by atoms with Gasteiger partial charge in [-0.2, -0.15) is 4.39 Å². The van der Waals surface area contributed by atoms with Gasteiger partial charge in [0.15, 0.2) is 5.82 Å². The number of nitrogens with zero attached hydrogens (tertiary/aromatic N) is 1. The standard InChI is InChI=1S/C12H14F2N2O2/c13-9-8(1-5-15-10(9)14)11(18)16-7-12(2-3-12)4-6-17/h1,5,17H,2-4,6-7H2,(H,16,18). The molecule has 1 heterocycles. The van der Waals surface area contributed by atoms with Crippen molar-refractivity contribution in [3.63, 3.8) is 0 Å². The molecule has 1 amide bonds. The Balaban J connectivity index is 1.98. The van der Waals surface area contributed by atoms with Crippen molar-refractivity contribution >= 4 is 5.91 Å². The van der Waals surface area contributed by atoms with Crippen LogP contribution >= 0.6 is 0 Å². The zero-order valence-corrected chi connectivity index (χ0v) is 9.75. The van der Waals surface area contributed by atoms with E-state index in [1.54, 1.807) is 0 Å². The van der Waals surface area contributed by atoms with E-state index in [1.807, 2.05) is 0 Å². The molecule has 0 radical (unpaired) electrons. The number of halogens is 2. The number of aliphatic hydroxyl groups is 1. The maximum Gasteiger partial charge on any atom is 0.254 e. The number of aromatic nitrogens is 1. The van der Waals surface area contributed by atoms with Gasteiger partial charge >= 0.3 is 0 Å². The third-order valence-electron chi connectivity index (χ3n) is 3.31. The predicted octanol–water partition coefficient (Wildman–Crippen LogP) is 1.25. The Kier molecular flexibility index (Phi) is 3.56. The maximum atomic E-state index is 13.3. The fourth-order valence-corrected chi connectivity index (χ4v) is 1.89. The lowest BCUT2D eigenvalue weighted by Gasteiger charge is -2.14. The van der Waals surface area contributed by atoms with E-state index in [4.69, 9.17) is 5.11 Å². The van der Waals surface area contributed by atoms with E-state index in [-0.39, 0.29) is 17.6 Å². The summed E-state index contributed by atoms with van der Waals surface area (Å²) in [6.07, 6.45) is 3.52. The average Bonchev–Trinajstić information content (AvgIpc) is 3.11. The minimum atomic E-state index is -1.28. The van der Waals surface area contributed by atoms with Crippen molar-refractivity contribution in [1.29, 1.82) is 0 Å². The highest BCUT2D eigenvalue weighted by molar-refractivity contribution is 5.94. The number of pyridine rings is 1. The number of hydrogen-bond acceptors (Lipinski definition) is 3. The topological polar surface area (TPSA) is 62.2 Å². The lowest BCUT2D eigenvalue weighted by molar-refractivity contribution is 0.0935. The van der Waals surface area contributed by atoms with E-state index in [2.05, 4.69) is 10.3 Å². The summed E-state index contributed by atoms with van der Waals surface area (Å²) in [5.41, 5.74) is -0.408. The van der Waals surface area contributed by atoms with Gasteiger partial charge in [0.1, 0.15) is 0 Å². The molecule has 1 fully saturated rings. The average molecular weight is 256 g/mol. The molecule has 0 aliphatic heterocycles. The van der Waals surface area contributed by atoms with E-state index in [0.717, 1.165) is 25.1 Å². The first kappa shape index (κ1) is 12.9. The van der Waals surface area contributed by atoms with Crippen LogP contribution in [0.1, 0.15) is 29.6 Å². The number of carbonyl (C=O) groups is 1. The lowest BCUT2D eigenvalue weighted by atomic mass is 10.0. The van der Waals surface area contributed by atoms with Gasteiger partial charge in [0.25, 0.3) is 5.91 Å². The minimum Gasteiger partial charge on any atom is -0.396 e. The van der Waals surface area contributed by atoms with Crippen LogP contribution in [-0.4, -0.2) is 29.1 Å². The normalized spacial score (nSPS) is 16.4. The predicted molar refractivity (Wildman–Crippen MR) is 59.9 cm³/mol. The van der Waals surface area contributed by atoms with Crippen molar-refractivity contribution in [1.82, 2.24) is 10.3 Å². The maximum absolute atomic E-state index is 13.3. The van der Waals surface area contributed by atoms with Gasteiger partial charge in [-0.1, -0.05) is 0 Å². The second-order valence-electron chi connectivity index (χ2n) is 4.62. The third kappa shape index (κ3) is 2.64. The van der Waals surface area contributed by atoms with Crippen LogP contribution in [0.25, 0.3) is 0 Å². The molecule has 0 saturated heterocycles. The summed E-state index contributed by atoms with van der Waals surface area (Å²) in [4.78, 5) is 14.8. The molecule has 1 aliphatic carbocycles. The first-order valence-corrected chi connectivity index (χ1v) is 5.77. The van der Waals surface area contributed by atoms with E-state index < -0.39 is 17.7 Å². The highest BCUT2D eigenvalue weighted by Crippen LogP contribution is 2.47. The molecule has 6 heteroatoms. The largest absolute Gasteiger partial charge is 0.396 e. The van der Waals surface area contributed by atoms with Crippen molar-refractivity contribution in [2.75, 3.05) is 13.2 Å². The van der Waals surface area contributed by atoms with Gasteiger partial charge in [-0.15, -0.1) is 0 Å². The Hall–Kier alpha value is -1.56. The number of amides is 1. The van der Waals surface area contributed by atoms with E-state index >= 15 is 0 Å². The second kappa shape index (κ2) is 4.97. The molecule has 1 aromatic rings. The number of hydrogen-bond donors (Lipinski definition) is 2. The summed E-state index contributed by atoms with van der Waals surface area (Å²) >= 11 is 0. The molecule has 1 saturated carbocycles. The fraction of sp³-hybridized carbons (Fsp3) is 0.500. The molecular weight excluding hydrogens is 242 g/mol. The zero-order chi connectivity index (χ0) is 13.2. The number of carbonyl (C=O) groups excluding carboxylic acids is 1. The molecular formula is C12H14F2N2O2. The summed E-state index contributed by atoms with van der Waals surface area (Å²) < 4.78 is 26.1. The van der Waals surface area contributed by atoms with Crippen LogP contribution < -0.4 is 5.32 Å². The molecule has 0 spiro atoms. The highest BCUT2D eigenvalue weighted by atomic mass is 19.2. The van der Waals surface area contributed by atoms with Crippen molar-refractivity contribution < 1.29 is 18.7 Å². The van der Waals surface area contributed by atoms with E-state index in [9.17, 15) is 13.6 Å². The Bertz CT molecular complexity index is 461. The van der Waals surface area contributed by atoms with Crippen LogP contribution in [-0.2, 0) is 0 Å². The van der Waals surface area contributed by atoms with Crippen molar-refractivity contribution in [2.24, 2.45) is 5.41 Å². The van der Waals surface area contributed by atoms with Gasteiger partial charge in [-0.25, -0.2) is 9.37 Å². The smallest absolute Gasteiger partial charge is 0.254 e. The minimum absolute atomic E-state index is 0.0630. The Morgan fingerprint density at radius 2 is 2.22 bits per heavy atom. The number of rotatable bonds is 5. The summed E-state index contributed by atoms with van der Waals surface area (Å²) in [5.74, 6) is -3.17. The molecule has 0 atom stereocenters. The van der Waals surface area contributed by atoms with E-state index in [1.165, 1.54) is 0 Å². The van der Waals surface area contributed by atoms with Crippen LogP contribution in [0.5, 0.6) is 0 Å². The van der Waals surface area contributed by atoms with Gasteiger partial charge in [0.05, 0.1) is 5.56 Å². The Morgan fingerprint density at radius 1 is 1.50 bits per heavy atom. The summed E-state index contributed by atoms with van der Waals surface area (Å²) in [6.45, 7) is 0.434. The zero-order valence-electron chi connectivity index (χ0n) is 9.75. The van der Waals surface area contributed by atoms with Gasteiger partial charge < -0.3 is 10.4 Å². The number of aliphatic hydroxyl groups excluding tert-OH is 1. The van der Waals surface area contributed by atoms with Crippen molar-refractivity contribution in [3.05, 3.63) is 29.6 Å². The quantitative estimate of drug-likeness (QED) is 0.779. The van der Waals surface area contributed by atoms with Crippen molar-refractivity contribution in [2.45, 2.75) is 19.3 Å². The summed E-state index contributed by atoms with van der Waals surface area (Å²) in [6, 6.07) is 1.14. The van der Waals surface area contributed by atoms with Crippen LogP contribution in [0, 0.1) is 17.2 Å². The fourth-order valence-electron chi connectivity index (χ4n) is 1.89. The lowest BCUT2D eigenvalue weighted by Crippen LogP contribution is -2.31. The van der Waals surface area contributed by atoms with E-state index in [0.29, 0.717) is 13.0 Å². The SMILES string of the molecule is O=C(NCC1(CCO)CC1)c1ccnc(F)c1F. The van der Waals surface area contributed by atoms with Gasteiger partial charge in [0, 0.05) is 19.3 Å². The summed E-state index contributed by atoms with van der Waals surface area (Å²) in [7, 11) is 0. The third-order valence-corrected chi connectivity index (χ3v) is 3.31. The molecule has 18 heavy (non-hydrogen) atoms. The first-order valence-electron chi connectivity index (χ1n) is 5.77. The molecule has 0 unspecified atom stereocenters. The Morgan fingerprint density at radius 3 is 2.83 bits per heavy atom. The molecule has 0 aromatic carbocycles. The molecule has 4 nitrogen and oxygen atoms in total. The van der Waals surface area contributed by atoms with Gasteiger partial charge in [-0.3, -0.25) is 4.79 Å². The summed E-state index contributed by atoms with van der Waals surface area (Å²) in [5, 5.41) is 11.4.